The lowest BCUT2D eigenvalue weighted by molar-refractivity contribution is 0.0996. The molecule has 3 rings (SSSR count). The van der Waals surface area contributed by atoms with E-state index < -0.39 is 0 Å². The summed E-state index contributed by atoms with van der Waals surface area (Å²) in [6, 6.07) is 9.09. The van der Waals surface area contributed by atoms with E-state index in [1.165, 1.54) is 16.2 Å². The number of pyridine rings is 2. The van der Waals surface area contributed by atoms with Gasteiger partial charge >= 0.3 is 0 Å². The Hall–Kier alpha value is -2.47. The number of rotatable bonds is 3. The smallest absolute Gasteiger partial charge is 0.269 e. The number of fused-ring (bicyclic) bond motifs is 1. The van der Waals surface area contributed by atoms with Gasteiger partial charge in [-0.05, 0) is 23.6 Å². The number of carbonyl (C=O) groups is 1. The lowest BCUT2D eigenvalue weighted by atomic mass is 10.3. The second-order valence-electron chi connectivity index (χ2n) is 4.43. The molecule has 0 spiro atoms. The first-order valence-electron chi connectivity index (χ1n) is 6.31. The second-order valence-corrected chi connectivity index (χ2v) is 5.51. The van der Waals surface area contributed by atoms with E-state index in [0.29, 0.717) is 16.6 Å². The maximum Gasteiger partial charge on any atom is 0.269 e. The third kappa shape index (κ3) is 2.57. The van der Waals surface area contributed by atoms with E-state index in [4.69, 9.17) is 4.74 Å². The second kappa shape index (κ2) is 5.49. The van der Waals surface area contributed by atoms with Crippen LogP contribution in [0.5, 0.6) is 5.88 Å². The molecule has 0 fully saturated rings. The fourth-order valence-corrected chi connectivity index (χ4v) is 2.97. The summed E-state index contributed by atoms with van der Waals surface area (Å²) >= 11 is 1.43. The molecule has 6 heteroatoms. The number of methoxy groups -OCH3 is 1. The molecule has 0 bridgehead atoms. The Morgan fingerprint density at radius 1 is 1.33 bits per heavy atom. The van der Waals surface area contributed by atoms with Crippen molar-refractivity contribution in [1.29, 1.82) is 0 Å². The number of carbonyl (C=O) groups excluding carboxylic acids is 1. The number of anilines is 1. The van der Waals surface area contributed by atoms with Crippen molar-refractivity contribution in [2.24, 2.45) is 0 Å². The third-order valence-electron chi connectivity index (χ3n) is 3.10. The molecule has 0 N–H and O–H groups in total. The quantitative estimate of drug-likeness (QED) is 0.746. The van der Waals surface area contributed by atoms with Gasteiger partial charge in [-0.15, -0.1) is 11.3 Å². The van der Waals surface area contributed by atoms with Crippen molar-refractivity contribution in [3.05, 3.63) is 47.6 Å². The lowest BCUT2D eigenvalue weighted by Gasteiger charge is -2.15. The van der Waals surface area contributed by atoms with Crippen LogP contribution < -0.4 is 9.64 Å². The highest BCUT2D eigenvalue weighted by Crippen LogP contribution is 2.26. The first kappa shape index (κ1) is 13.5. The standard InChI is InChI=1S/C15H13N3O2S/c1-18(13-4-3-5-14(17-13)20-2)15(19)11-8-10-6-7-16-9-12(10)21-11/h3-9H,1-2H3. The van der Waals surface area contributed by atoms with Gasteiger partial charge in [-0.25, -0.2) is 0 Å². The SMILES string of the molecule is COc1cccc(N(C)C(=O)c2cc3ccncc3s2)n1. The molecule has 106 valence electrons. The van der Waals surface area contributed by atoms with Crippen molar-refractivity contribution in [3.63, 3.8) is 0 Å². The summed E-state index contributed by atoms with van der Waals surface area (Å²) in [7, 11) is 3.25. The van der Waals surface area contributed by atoms with Gasteiger partial charge in [-0.2, -0.15) is 4.98 Å². The zero-order valence-corrected chi connectivity index (χ0v) is 12.4. The van der Waals surface area contributed by atoms with Gasteiger partial charge in [-0.3, -0.25) is 14.7 Å². The Morgan fingerprint density at radius 2 is 2.19 bits per heavy atom. The summed E-state index contributed by atoms with van der Waals surface area (Å²) in [6.07, 6.45) is 3.48. The highest BCUT2D eigenvalue weighted by molar-refractivity contribution is 7.20. The van der Waals surface area contributed by atoms with Gasteiger partial charge in [-0.1, -0.05) is 6.07 Å². The molecule has 3 heterocycles. The van der Waals surface area contributed by atoms with Crippen LogP contribution in [0, 0.1) is 0 Å². The lowest BCUT2D eigenvalue weighted by Crippen LogP contribution is -2.26. The number of ether oxygens (including phenoxy) is 1. The summed E-state index contributed by atoms with van der Waals surface area (Å²) in [5.74, 6) is 0.930. The first-order valence-corrected chi connectivity index (χ1v) is 7.13. The topological polar surface area (TPSA) is 55.3 Å². The molecule has 3 aromatic heterocycles. The van der Waals surface area contributed by atoms with Crippen LogP contribution in [0.4, 0.5) is 5.82 Å². The van der Waals surface area contributed by atoms with Crippen molar-refractivity contribution in [2.45, 2.75) is 0 Å². The molecule has 0 atom stereocenters. The molecular weight excluding hydrogens is 286 g/mol. The van der Waals surface area contributed by atoms with Gasteiger partial charge in [0.1, 0.15) is 5.82 Å². The molecule has 0 aliphatic rings. The monoisotopic (exact) mass is 299 g/mol. The number of hydrogen-bond donors (Lipinski definition) is 0. The maximum atomic E-state index is 12.5. The zero-order valence-electron chi connectivity index (χ0n) is 11.6. The number of nitrogens with zero attached hydrogens (tertiary/aromatic N) is 3. The van der Waals surface area contributed by atoms with E-state index in [-0.39, 0.29) is 5.91 Å². The van der Waals surface area contributed by atoms with Crippen molar-refractivity contribution in [1.82, 2.24) is 9.97 Å². The highest BCUT2D eigenvalue weighted by Gasteiger charge is 2.17. The molecule has 0 saturated heterocycles. The number of amides is 1. The first-order chi connectivity index (χ1) is 10.2. The highest BCUT2D eigenvalue weighted by atomic mass is 32.1. The van der Waals surface area contributed by atoms with Gasteiger partial charge in [0.05, 0.1) is 16.7 Å². The van der Waals surface area contributed by atoms with Crippen LogP contribution in [0.1, 0.15) is 9.67 Å². The summed E-state index contributed by atoms with van der Waals surface area (Å²) < 4.78 is 6.08. The average Bonchev–Trinajstić information content (AvgIpc) is 2.97. The van der Waals surface area contributed by atoms with E-state index in [1.54, 1.807) is 44.8 Å². The molecule has 1 amide bonds. The molecule has 5 nitrogen and oxygen atoms in total. The van der Waals surface area contributed by atoms with Crippen LogP contribution in [0.25, 0.3) is 10.1 Å². The average molecular weight is 299 g/mol. The molecule has 0 unspecified atom stereocenters. The third-order valence-corrected chi connectivity index (χ3v) is 4.17. The Balaban J connectivity index is 1.93. The van der Waals surface area contributed by atoms with Gasteiger partial charge in [0.25, 0.3) is 5.91 Å². The van der Waals surface area contributed by atoms with Crippen LogP contribution in [-0.2, 0) is 0 Å². The number of thiophene rings is 1. The van der Waals surface area contributed by atoms with E-state index in [0.717, 1.165) is 10.1 Å². The molecule has 3 aromatic rings. The minimum atomic E-state index is -0.100. The van der Waals surface area contributed by atoms with E-state index in [2.05, 4.69) is 9.97 Å². The molecule has 0 radical (unpaired) electrons. The predicted molar refractivity (Wildman–Crippen MR) is 83.1 cm³/mol. The van der Waals surface area contributed by atoms with E-state index >= 15 is 0 Å². The minimum Gasteiger partial charge on any atom is -0.481 e. The minimum absolute atomic E-state index is 0.100. The van der Waals surface area contributed by atoms with Gasteiger partial charge in [0, 0.05) is 25.5 Å². The van der Waals surface area contributed by atoms with E-state index in [9.17, 15) is 4.79 Å². The normalized spacial score (nSPS) is 10.6. The Labute approximate surface area is 125 Å². The number of hydrogen-bond acceptors (Lipinski definition) is 5. The van der Waals surface area contributed by atoms with Crippen molar-refractivity contribution < 1.29 is 9.53 Å². The van der Waals surface area contributed by atoms with Crippen molar-refractivity contribution in [2.75, 3.05) is 19.1 Å². The fourth-order valence-electron chi connectivity index (χ4n) is 1.96. The predicted octanol–water partition coefficient (Wildman–Crippen LogP) is 2.98. The molecule has 0 aliphatic heterocycles. The summed E-state index contributed by atoms with van der Waals surface area (Å²) in [5, 5.41) is 1.02. The Kier molecular flexibility index (Phi) is 3.53. The van der Waals surface area contributed by atoms with Gasteiger partial charge in [0.2, 0.25) is 5.88 Å². The summed E-state index contributed by atoms with van der Waals surface area (Å²) in [4.78, 5) is 23.1. The summed E-state index contributed by atoms with van der Waals surface area (Å²) in [5.41, 5.74) is 0. The molecule has 0 aromatic carbocycles. The van der Waals surface area contributed by atoms with Crippen molar-refractivity contribution >= 4 is 33.1 Å². The van der Waals surface area contributed by atoms with Crippen LogP contribution >= 0.6 is 11.3 Å². The van der Waals surface area contributed by atoms with Crippen LogP contribution in [0.3, 0.4) is 0 Å². The van der Waals surface area contributed by atoms with Crippen molar-refractivity contribution in [3.8, 4) is 5.88 Å². The van der Waals surface area contributed by atoms with Gasteiger partial charge < -0.3 is 4.74 Å². The Morgan fingerprint density at radius 3 is 2.95 bits per heavy atom. The fraction of sp³-hybridized carbons (Fsp3) is 0.133. The maximum absolute atomic E-state index is 12.5. The van der Waals surface area contributed by atoms with Crippen LogP contribution in [0.15, 0.2) is 42.7 Å². The molecule has 0 aliphatic carbocycles. The molecular formula is C15H13N3O2S. The largest absolute Gasteiger partial charge is 0.481 e. The zero-order chi connectivity index (χ0) is 14.8. The Bertz CT molecular complexity index is 767. The number of aromatic nitrogens is 2. The van der Waals surface area contributed by atoms with Gasteiger partial charge in [0.15, 0.2) is 0 Å². The van der Waals surface area contributed by atoms with E-state index in [1.807, 2.05) is 12.1 Å². The van der Waals surface area contributed by atoms with Crippen LogP contribution in [-0.4, -0.2) is 30.0 Å². The molecule has 0 saturated carbocycles. The summed E-state index contributed by atoms with van der Waals surface area (Å²) in [6.45, 7) is 0. The van der Waals surface area contributed by atoms with Crippen LogP contribution in [0.2, 0.25) is 0 Å². The molecule has 21 heavy (non-hydrogen) atoms.